The Bertz CT molecular complexity index is 503. The lowest BCUT2D eigenvalue weighted by molar-refractivity contribution is 0.476. The third kappa shape index (κ3) is 1.74. The summed E-state index contributed by atoms with van der Waals surface area (Å²) in [5.74, 6) is 1.09. The Hall–Kier alpha value is -1.97. The van der Waals surface area contributed by atoms with Crippen molar-refractivity contribution in [3.63, 3.8) is 0 Å². The van der Waals surface area contributed by atoms with E-state index in [1.165, 1.54) is 0 Å². The SMILES string of the molecule is CC(C)c1ccc(-c2cn[nH]c2N)c(O)c1. The van der Waals surface area contributed by atoms with E-state index in [1.807, 2.05) is 12.1 Å². The number of benzene rings is 1. The predicted octanol–water partition coefficient (Wildman–Crippen LogP) is 2.49. The quantitative estimate of drug-likeness (QED) is 0.723. The summed E-state index contributed by atoms with van der Waals surface area (Å²) in [4.78, 5) is 0. The summed E-state index contributed by atoms with van der Waals surface area (Å²) in [5.41, 5.74) is 8.24. The van der Waals surface area contributed by atoms with Gasteiger partial charge in [0.15, 0.2) is 0 Å². The second-order valence-electron chi connectivity index (χ2n) is 4.13. The van der Waals surface area contributed by atoms with Crippen LogP contribution >= 0.6 is 0 Å². The molecule has 2 aromatic rings. The van der Waals surface area contributed by atoms with Gasteiger partial charge in [-0.2, -0.15) is 5.10 Å². The second-order valence-corrected chi connectivity index (χ2v) is 4.13. The molecule has 0 fully saturated rings. The van der Waals surface area contributed by atoms with Gasteiger partial charge in [0.05, 0.1) is 6.20 Å². The van der Waals surface area contributed by atoms with Gasteiger partial charge < -0.3 is 10.8 Å². The lowest BCUT2D eigenvalue weighted by Crippen LogP contribution is -1.90. The Morgan fingerprint density at radius 2 is 2.06 bits per heavy atom. The van der Waals surface area contributed by atoms with E-state index in [4.69, 9.17) is 5.73 Å². The average Bonchev–Trinajstić information content (AvgIpc) is 2.64. The molecule has 1 aromatic carbocycles. The van der Waals surface area contributed by atoms with Crippen molar-refractivity contribution in [2.45, 2.75) is 19.8 Å². The van der Waals surface area contributed by atoms with Gasteiger partial charge in [-0.1, -0.05) is 26.0 Å². The maximum atomic E-state index is 9.94. The lowest BCUT2D eigenvalue weighted by atomic mass is 9.99. The summed E-state index contributed by atoms with van der Waals surface area (Å²) in [6, 6.07) is 5.63. The van der Waals surface area contributed by atoms with Gasteiger partial charge >= 0.3 is 0 Å². The molecule has 0 aliphatic carbocycles. The van der Waals surface area contributed by atoms with Crippen molar-refractivity contribution in [1.29, 1.82) is 0 Å². The first-order valence-electron chi connectivity index (χ1n) is 5.21. The molecule has 0 saturated carbocycles. The van der Waals surface area contributed by atoms with E-state index in [1.54, 1.807) is 12.3 Å². The summed E-state index contributed by atoms with van der Waals surface area (Å²) < 4.78 is 0. The molecule has 1 heterocycles. The number of H-pyrrole nitrogens is 1. The van der Waals surface area contributed by atoms with Crippen LogP contribution in [0.3, 0.4) is 0 Å². The highest BCUT2D eigenvalue weighted by Gasteiger charge is 2.10. The second kappa shape index (κ2) is 3.89. The van der Waals surface area contributed by atoms with Crippen molar-refractivity contribution < 1.29 is 5.11 Å². The zero-order valence-corrected chi connectivity index (χ0v) is 9.36. The van der Waals surface area contributed by atoms with Gasteiger partial charge in [-0.3, -0.25) is 5.10 Å². The molecule has 0 amide bonds. The highest BCUT2D eigenvalue weighted by Crippen LogP contribution is 2.33. The molecule has 0 atom stereocenters. The standard InChI is InChI=1S/C12H15N3O/c1-7(2)8-3-4-9(11(16)5-8)10-6-14-15-12(10)13/h3-7,16H,1-2H3,(H3,13,14,15). The Morgan fingerprint density at radius 1 is 1.31 bits per heavy atom. The number of nitrogens with two attached hydrogens (primary N) is 1. The van der Waals surface area contributed by atoms with Crippen LogP contribution in [0.15, 0.2) is 24.4 Å². The van der Waals surface area contributed by atoms with Gasteiger partial charge in [0.1, 0.15) is 11.6 Å². The number of anilines is 1. The lowest BCUT2D eigenvalue weighted by Gasteiger charge is -2.09. The highest BCUT2D eigenvalue weighted by atomic mass is 16.3. The maximum Gasteiger partial charge on any atom is 0.126 e. The molecular formula is C12H15N3O. The van der Waals surface area contributed by atoms with E-state index in [9.17, 15) is 5.11 Å². The monoisotopic (exact) mass is 217 g/mol. The Balaban J connectivity index is 2.48. The zero-order chi connectivity index (χ0) is 11.7. The largest absolute Gasteiger partial charge is 0.507 e. The van der Waals surface area contributed by atoms with Gasteiger partial charge in [-0.15, -0.1) is 0 Å². The zero-order valence-electron chi connectivity index (χ0n) is 9.36. The van der Waals surface area contributed by atoms with Crippen molar-refractivity contribution in [1.82, 2.24) is 10.2 Å². The van der Waals surface area contributed by atoms with Gasteiger partial charge in [-0.25, -0.2) is 0 Å². The number of aromatic amines is 1. The number of nitrogens with one attached hydrogen (secondary N) is 1. The first-order chi connectivity index (χ1) is 7.59. The van der Waals surface area contributed by atoms with E-state index < -0.39 is 0 Å². The molecule has 0 saturated heterocycles. The third-order valence-electron chi connectivity index (χ3n) is 2.65. The summed E-state index contributed by atoms with van der Waals surface area (Å²) in [5, 5.41) is 16.4. The summed E-state index contributed by atoms with van der Waals surface area (Å²) >= 11 is 0. The van der Waals surface area contributed by atoms with Crippen LogP contribution in [-0.2, 0) is 0 Å². The summed E-state index contributed by atoms with van der Waals surface area (Å²) in [6.07, 6.45) is 1.61. The molecule has 0 unspecified atom stereocenters. The van der Waals surface area contributed by atoms with Crippen LogP contribution < -0.4 is 5.73 Å². The van der Waals surface area contributed by atoms with Crippen LogP contribution in [-0.4, -0.2) is 15.3 Å². The smallest absolute Gasteiger partial charge is 0.126 e. The molecular weight excluding hydrogens is 202 g/mol. The van der Waals surface area contributed by atoms with E-state index in [-0.39, 0.29) is 5.75 Å². The summed E-state index contributed by atoms with van der Waals surface area (Å²) in [6.45, 7) is 4.17. The van der Waals surface area contributed by atoms with E-state index >= 15 is 0 Å². The van der Waals surface area contributed by atoms with Gasteiger partial charge in [0, 0.05) is 11.1 Å². The molecule has 4 nitrogen and oxygen atoms in total. The van der Waals surface area contributed by atoms with Crippen LogP contribution in [0.1, 0.15) is 25.3 Å². The topological polar surface area (TPSA) is 74.9 Å². The molecule has 0 radical (unpaired) electrons. The van der Waals surface area contributed by atoms with E-state index in [2.05, 4.69) is 24.0 Å². The number of hydrogen-bond acceptors (Lipinski definition) is 3. The number of rotatable bonds is 2. The number of phenols is 1. The van der Waals surface area contributed by atoms with Crippen molar-refractivity contribution in [2.24, 2.45) is 0 Å². The van der Waals surface area contributed by atoms with Crippen molar-refractivity contribution in [3.8, 4) is 16.9 Å². The van der Waals surface area contributed by atoms with Crippen LogP contribution in [0, 0.1) is 0 Å². The Kier molecular flexibility index (Phi) is 2.56. The third-order valence-corrected chi connectivity index (χ3v) is 2.65. The van der Waals surface area contributed by atoms with Crippen molar-refractivity contribution in [2.75, 3.05) is 5.73 Å². The number of aromatic nitrogens is 2. The van der Waals surface area contributed by atoms with Gasteiger partial charge in [-0.05, 0) is 17.5 Å². The number of nitrogens with zero attached hydrogens (tertiary/aromatic N) is 1. The number of aromatic hydroxyl groups is 1. The Morgan fingerprint density at radius 3 is 2.56 bits per heavy atom. The van der Waals surface area contributed by atoms with Crippen LogP contribution in [0.4, 0.5) is 5.82 Å². The summed E-state index contributed by atoms with van der Waals surface area (Å²) in [7, 11) is 0. The van der Waals surface area contributed by atoms with Crippen LogP contribution in [0.25, 0.3) is 11.1 Å². The number of hydrogen-bond donors (Lipinski definition) is 3. The number of phenolic OH excluding ortho intramolecular Hbond substituents is 1. The highest BCUT2D eigenvalue weighted by molar-refractivity contribution is 5.77. The predicted molar refractivity (Wildman–Crippen MR) is 64.2 cm³/mol. The fourth-order valence-corrected chi connectivity index (χ4v) is 1.65. The molecule has 16 heavy (non-hydrogen) atoms. The minimum Gasteiger partial charge on any atom is -0.507 e. The van der Waals surface area contributed by atoms with Crippen LogP contribution in [0.5, 0.6) is 5.75 Å². The number of nitrogen functional groups attached to an aromatic ring is 1. The normalized spacial score (nSPS) is 10.9. The Labute approximate surface area is 94.1 Å². The molecule has 84 valence electrons. The average molecular weight is 217 g/mol. The molecule has 1 aromatic heterocycles. The first-order valence-corrected chi connectivity index (χ1v) is 5.21. The van der Waals surface area contributed by atoms with E-state index in [0.29, 0.717) is 17.3 Å². The molecule has 0 spiro atoms. The van der Waals surface area contributed by atoms with Gasteiger partial charge in [0.2, 0.25) is 0 Å². The van der Waals surface area contributed by atoms with E-state index in [0.717, 1.165) is 11.1 Å². The molecule has 2 rings (SSSR count). The van der Waals surface area contributed by atoms with Gasteiger partial charge in [0.25, 0.3) is 0 Å². The molecule has 0 aliphatic rings. The molecule has 0 aliphatic heterocycles. The fraction of sp³-hybridized carbons (Fsp3) is 0.250. The maximum absolute atomic E-state index is 9.94. The minimum atomic E-state index is 0.235. The van der Waals surface area contributed by atoms with Crippen molar-refractivity contribution in [3.05, 3.63) is 30.0 Å². The minimum absolute atomic E-state index is 0.235. The molecule has 4 N–H and O–H groups in total. The van der Waals surface area contributed by atoms with Crippen molar-refractivity contribution >= 4 is 5.82 Å². The molecule has 0 bridgehead atoms. The first kappa shape index (κ1) is 10.5. The molecule has 4 heteroatoms. The fourth-order valence-electron chi connectivity index (χ4n) is 1.65. The van der Waals surface area contributed by atoms with Crippen LogP contribution in [0.2, 0.25) is 0 Å².